The zero-order chi connectivity index (χ0) is 31.1. The summed E-state index contributed by atoms with van der Waals surface area (Å²) in [6.45, 7) is 16.2. The number of likely N-dealkylation sites (N-methyl/N-ethyl adjacent to an activating group) is 1. The highest BCUT2D eigenvalue weighted by molar-refractivity contribution is 6.36. The number of hydrogen-bond donors (Lipinski definition) is 0. The molecule has 3 fully saturated rings. The minimum atomic E-state index is -0.489. The summed E-state index contributed by atoms with van der Waals surface area (Å²) in [6.07, 6.45) is 3.94. The van der Waals surface area contributed by atoms with E-state index in [2.05, 4.69) is 57.4 Å². The summed E-state index contributed by atoms with van der Waals surface area (Å²) < 4.78 is 11.8. The van der Waals surface area contributed by atoms with Gasteiger partial charge < -0.3 is 33.9 Å². The van der Waals surface area contributed by atoms with Gasteiger partial charge in [0, 0.05) is 48.9 Å². The van der Waals surface area contributed by atoms with Crippen LogP contribution in [0.3, 0.4) is 0 Å². The van der Waals surface area contributed by atoms with Crippen molar-refractivity contribution in [1.82, 2.24) is 19.8 Å². The molecule has 0 saturated carbocycles. The number of ether oxygens (including phenoxy) is 2. The van der Waals surface area contributed by atoms with Crippen LogP contribution in [0, 0.1) is 6.57 Å². The number of likely N-dealkylation sites (tertiary alicyclic amines) is 1. The molecule has 0 unspecified atom stereocenters. The van der Waals surface area contributed by atoms with E-state index in [1.807, 2.05) is 17.0 Å². The van der Waals surface area contributed by atoms with E-state index in [1.54, 1.807) is 6.08 Å². The van der Waals surface area contributed by atoms with Crippen LogP contribution in [0.1, 0.15) is 24.1 Å². The molecule has 0 N–H and O–H groups in total. The van der Waals surface area contributed by atoms with Crippen LogP contribution in [0.2, 0.25) is 5.02 Å². The summed E-state index contributed by atoms with van der Waals surface area (Å²) in [4.78, 5) is 35.6. The molecule has 0 bridgehead atoms. The average molecular weight is 628 g/mol. The maximum Gasteiger partial charge on any atom is 0.318 e. The summed E-state index contributed by atoms with van der Waals surface area (Å²) in [5.41, 5.74) is 3.12. The maximum absolute atomic E-state index is 13.2. The largest absolute Gasteiger partial charge is 0.462 e. The van der Waals surface area contributed by atoms with Gasteiger partial charge >= 0.3 is 6.01 Å². The molecular formula is C34H38ClN7O3. The summed E-state index contributed by atoms with van der Waals surface area (Å²) in [5, 5.41) is 2.88. The van der Waals surface area contributed by atoms with Gasteiger partial charge in [-0.15, -0.1) is 6.58 Å². The van der Waals surface area contributed by atoms with E-state index in [-0.39, 0.29) is 24.6 Å². The highest BCUT2D eigenvalue weighted by Crippen LogP contribution is 2.37. The van der Waals surface area contributed by atoms with Crippen LogP contribution in [0.4, 0.5) is 11.5 Å². The molecule has 4 aliphatic rings. The molecule has 3 saturated heterocycles. The Hall–Kier alpha value is -3.91. The Morgan fingerprint density at radius 2 is 2.00 bits per heavy atom. The van der Waals surface area contributed by atoms with Gasteiger partial charge in [-0.1, -0.05) is 41.9 Å². The van der Waals surface area contributed by atoms with Crippen molar-refractivity contribution in [3.05, 3.63) is 76.8 Å². The van der Waals surface area contributed by atoms with Crippen molar-refractivity contribution in [3.63, 3.8) is 0 Å². The van der Waals surface area contributed by atoms with Crippen molar-refractivity contribution in [3.8, 4) is 6.01 Å². The lowest BCUT2D eigenvalue weighted by molar-refractivity contribution is -0.135. The number of carbonyl (C=O) groups excluding carboxylic acids is 1. The first-order valence-electron chi connectivity index (χ1n) is 15.8. The third kappa shape index (κ3) is 5.81. The Bertz CT molecular complexity index is 1660. The Labute approximate surface area is 269 Å². The molecule has 3 aromatic rings. The second kappa shape index (κ2) is 12.5. The topological polar surface area (TPSA) is 81.9 Å². The maximum atomic E-state index is 13.2. The smallest absolute Gasteiger partial charge is 0.318 e. The molecule has 5 heterocycles. The third-order valence-corrected chi connectivity index (χ3v) is 9.96. The number of rotatable bonds is 8. The minimum absolute atomic E-state index is 0.0630. The number of nitrogens with zero attached hydrogens (tertiary/aromatic N) is 7. The van der Waals surface area contributed by atoms with Crippen molar-refractivity contribution in [2.75, 3.05) is 62.7 Å². The van der Waals surface area contributed by atoms with Crippen LogP contribution in [-0.2, 0) is 22.5 Å². The van der Waals surface area contributed by atoms with Crippen LogP contribution >= 0.6 is 11.6 Å². The molecule has 2 aromatic carbocycles. The lowest BCUT2D eigenvalue weighted by Gasteiger charge is -2.41. The molecule has 1 aromatic heterocycles. The first-order valence-corrected chi connectivity index (χ1v) is 16.1. The Morgan fingerprint density at radius 3 is 2.76 bits per heavy atom. The van der Waals surface area contributed by atoms with E-state index in [1.165, 1.54) is 0 Å². The molecule has 0 radical (unpaired) electrons. The van der Waals surface area contributed by atoms with Crippen molar-refractivity contribution >= 4 is 39.8 Å². The van der Waals surface area contributed by atoms with Crippen molar-refractivity contribution in [2.45, 2.75) is 50.1 Å². The quantitative estimate of drug-likeness (QED) is 0.209. The number of carbonyl (C=O) groups is 1. The van der Waals surface area contributed by atoms with Crippen LogP contribution < -0.4 is 14.5 Å². The van der Waals surface area contributed by atoms with Gasteiger partial charge in [0.2, 0.25) is 6.54 Å². The first-order chi connectivity index (χ1) is 21.9. The Morgan fingerprint density at radius 1 is 1.16 bits per heavy atom. The van der Waals surface area contributed by atoms with Crippen molar-refractivity contribution < 1.29 is 14.3 Å². The highest BCUT2D eigenvalue weighted by atomic mass is 35.5. The van der Waals surface area contributed by atoms with Crippen molar-refractivity contribution in [1.29, 1.82) is 0 Å². The van der Waals surface area contributed by atoms with E-state index in [0.29, 0.717) is 44.8 Å². The van der Waals surface area contributed by atoms with Crippen LogP contribution in [0.5, 0.6) is 6.01 Å². The fourth-order valence-electron chi connectivity index (χ4n) is 7.09. The second-order valence-corrected chi connectivity index (χ2v) is 12.8. The van der Waals surface area contributed by atoms with Crippen LogP contribution in [-0.4, -0.2) is 103 Å². The van der Waals surface area contributed by atoms with Gasteiger partial charge in [-0.25, -0.2) is 6.57 Å². The van der Waals surface area contributed by atoms with E-state index < -0.39 is 6.10 Å². The third-order valence-electron chi connectivity index (χ3n) is 9.64. The monoisotopic (exact) mass is 627 g/mol. The van der Waals surface area contributed by atoms with Crippen LogP contribution in [0.15, 0.2) is 49.1 Å². The molecule has 0 spiro atoms. The number of fused-ring (bicyclic) bond motifs is 2. The summed E-state index contributed by atoms with van der Waals surface area (Å²) in [7, 11) is 2.13. The number of amides is 1. The Kier molecular flexibility index (Phi) is 8.25. The van der Waals surface area contributed by atoms with Gasteiger partial charge in [0.05, 0.1) is 17.3 Å². The highest BCUT2D eigenvalue weighted by Gasteiger charge is 2.48. The summed E-state index contributed by atoms with van der Waals surface area (Å²) >= 11 is 6.72. The van der Waals surface area contributed by atoms with Gasteiger partial charge in [-0.2, -0.15) is 9.97 Å². The predicted octanol–water partition coefficient (Wildman–Crippen LogP) is 4.21. The summed E-state index contributed by atoms with van der Waals surface area (Å²) in [5.74, 6) is 0.783. The minimum Gasteiger partial charge on any atom is -0.462 e. The molecule has 10 nitrogen and oxygen atoms in total. The number of aromatic nitrogens is 2. The summed E-state index contributed by atoms with van der Waals surface area (Å²) in [6, 6.07) is 12.7. The number of halogens is 1. The number of benzene rings is 2. The number of anilines is 2. The lowest BCUT2D eigenvalue weighted by Crippen LogP contribution is -2.58. The molecule has 234 valence electrons. The zero-order valence-corrected chi connectivity index (χ0v) is 26.3. The van der Waals surface area contributed by atoms with E-state index >= 15 is 0 Å². The Balaban J connectivity index is 1.19. The zero-order valence-electron chi connectivity index (χ0n) is 25.6. The standard InChI is InChI=1S/C34H38ClN7O3/c1-4-29-31(45-29)33(43)42-17-16-41(19-24(42)18-36-2)32-25-13-15-40(28-12-6-9-22-8-5-11-26(35)30(22)28)20-27(25)37-34(38-32)44-21-23-10-7-14-39(23)3/h4-6,8-9,11-12,23-24,29,31H,1,7,10,13-21H2,3H3/t23-,24-,29-,31-/m0/s1. The molecule has 4 aliphatic heterocycles. The molecule has 1 amide bonds. The molecule has 4 atom stereocenters. The molecule has 0 aliphatic carbocycles. The molecule has 7 rings (SSSR count). The van der Waals surface area contributed by atoms with Gasteiger partial charge in [-0.05, 0) is 50.4 Å². The van der Waals surface area contributed by atoms with Crippen molar-refractivity contribution in [2.24, 2.45) is 0 Å². The second-order valence-electron chi connectivity index (χ2n) is 12.4. The molecular weight excluding hydrogens is 590 g/mol. The normalized spacial score (nSPS) is 24.8. The average Bonchev–Trinajstić information content (AvgIpc) is 3.74. The first kappa shape index (κ1) is 29.8. The fraction of sp³-hybridized carbons (Fsp3) is 0.471. The number of hydrogen-bond acceptors (Lipinski definition) is 8. The number of piperazine rings is 1. The lowest BCUT2D eigenvalue weighted by atomic mass is 10.0. The van der Waals surface area contributed by atoms with E-state index in [4.69, 9.17) is 37.6 Å². The van der Waals surface area contributed by atoms with Crippen LogP contribution in [0.25, 0.3) is 15.6 Å². The van der Waals surface area contributed by atoms with Gasteiger partial charge in [-0.3, -0.25) is 4.79 Å². The fourth-order valence-corrected chi connectivity index (χ4v) is 7.36. The SMILES string of the molecule is [C-]#[N+]C[C@H]1CN(c2nc(OC[C@@H]3CCCN3C)nc3c2CCN(c2cccc4cccc(Cl)c24)C3)CCN1C(=O)[C@H]1O[C@H]1C=C. The molecule has 45 heavy (non-hydrogen) atoms. The predicted molar refractivity (Wildman–Crippen MR) is 175 cm³/mol. The van der Waals surface area contributed by atoms with E-state index in [0.717, 1.165) is 70.9 Å². The van der Waals surface area contributed by atoms with Gasteiger partial charge in [0.25, 0.3) is 5.91 Å². The van der Waals surface area contributed by atoms with Gasteiger partial charge in [0.1, 0.15) is 24.6 Å². The van der Waals surface area contributed by atoms with Gasteiger partial charge in [0.15, 0.2) is 6.10 Å². The molecule has 11 heteroatoms. The van der Waals surface area contributed by atoms with E-state index in [9.17, 15) is 4.79 Å². The number of epoxide rings is 1.